The van der Waals surface area contributed by atoms with Gasteiger partial charge in [0.25, 0.3) is 0 Å². The van der Waals surface area contributed by atoms with Gasteiger partial charge in [-0.1, -0.05) is 0 Å². The van der Waals surface area contributed by atoms with E-state index in [-0.39, 0.29) is 34.7 Å². The number of carboxylic acids is 6. The molecule has 0 saturated carbocycles. The quantitative estimate of drug-likeness (QED) is 0.345. The molecule has 138 valence electrons. The van der Waals surface area contributed by atoms with Crippen molar-refractivity contribution in [2.24, 2.45) is 0 Å². The Morgan fingerprint density at radius 1 is 0.346 bits per heavy atom. The first kappa shape index (κ1) is 34.4. The van der Waals surface area contributed by atoms with Gasteiger partial charge in [-0.05, 0) is 36.5 Å². The fourth-order valence-electron chi connectivity index (χ4n) is 0.408. The third kappa shape index (κ3) is 58.2. The molecule has 0 aromatic heterocycles. The SMILES string of the molecule is O=C([O-])/C=C\C(=O)[O-].O=C([O-])/C=C\C(=O)[O-].O=C([O-])/C=C\C(=O)[O-].[Cr+3].[Cr+3]. The van der Waals surface area contributed by atoms with Crippen LogP contribution >= 0.6 is 0 Å². The molecule has 0 aliphatic heterocycles. The van der Waals surface area contributed by atoms with Crippen LogP contribution in [-0.2, 0) is 63.5 Å². The van der Waals surface area contributed by atoms with E-state index in [1.807, 2.05) is 0 Å². The third-order valence-corrected chi connectivity index (χ3v) is 1.07. The van der Waals surface area contributed by atoms with Gasteiger partial charge in [0.2, 0.25) is 0 Å². The molecule has 0 N–H and O–H groups in total. The number of carbonyl (C=O) groups excluding carboxylic acids is 6. The van der Waals surface area contributed by atoms with Gasteiger partial charge in [-0.3, -0.25) is 0 Å². The first-order valence-corrected chi connectivity index (χ1v) is 5.18. The molecule has 0 saturated heterocycles. The summed E-state index contributed by atoms with van der Waals surface area (Å²) in [5, 5.41) is 56.5. The molecule has 0 aromatic carbocycles. The molecule has 0 fully saturated rings. The molecule has 0 rings (SSSR count). The molecule has 0 aliphatic carbocycles. The molecule has 12 nitrogen and oxygen atoms in total. The van der Waals surface area contributed by atoms with Crippen LogP contribution in [0.5, 0.6) is 0 Å². The van der Waals surface area contributed by atoms with Gasteiger partial charge < -0.3 is 59.4 Å². The minimum absolute atomic E-state index is 0. The van der Waals surface area contributed by atoms with Crippen LogP contribution in [0.1, 0.15) is 0 Å². The standard InChI is InChI=1S/3C4H4O4.2Cr/c3*5-3(6)1-2-4(7)8;;/h3*1-2H,(H,5,6)(H,7,8);;/q;;;2*+3/p-6/b3*2-1-;;. The molecule has 0 heterocycles. The van der Waals surface area contributed by atoms with Crippen molar-refractivity contribution in [3.05, 3.63) is 36.5 Å². The summed E-state index contributed by atoms with van der Waals surface area (Å²) >= 11 is 0. The molecule has 0 aliphatic rings. The molecule has 0 amide bonds. The molecule has 14 heteroatoms. The van der Waals surface area contributed by atoms with Gasteiger partial charge in [-0.15, -0.1) is 0 Å². The van der Waals surface area contributed by atoms with Crippen LogP contribution in [-0.4, -0.2) is 35.8 Å². The van der Waals surface area contributed by atoms with E-state index >= 15 is 0 Å². The van der Waals surface area contributed by atoms with Gasteiger partial charge >= 0.3 is 34.7 Å². The van der Waals surface area contributed by atoms with Gasteiger partial charge in [-0.2, -0.15) is 0 Å². The summed E-state index contributed by atoms with van der Waals surface area (Å²) in [4.78, 5) is 56.5. The Morgan fingerprint density at radius 2 is 0.423 bits per heavy atom. The van der Waals surface area contributed by atoms with E-state index in [9.17, 15) is 59.4 Å². The van der Waals surface area contributed by atoms with E-state index in [0.29, 0.717) is 36.5 Å². The summed E-state index contributed by atoms with van der Waals surface area (Å²) in [7, 11) is 0. The molecular formula is C12H6Cr2O12. The average molecular weight is 446 g/mol. The van der Waals surface area contributed by atoms with Crippen molar-refractivity contribution >= 4 is 35.8 Å². The number of carbonyl (C=O) groups is 6. The molecule has 0 bridgehead atoms. The van der Waals surface area contributed by atoms with Gasteiger partial charge in [-0.25, -0.2) is 0 Å². The summed E-state index contributed by atoms with van der Waals surface area (Å²) in [5.41, 5.74) is 0. The zero-order valence-corrected chi connectivity index (χ0v) is 14.7. The maximum atomic E-state index is 9.41. The smallest absolute Gasteiger partial charge is 0.545 e. The maximum Gasteiger partial charge on any atom is 3.00 e. The van der Waals surface area contributed by atoms with E-state index in [1.54, 1.807) is 0 Å². The fraction of sp³-hybridized carbons (Fsp3) is 0. The Balaban J connectivity index is -0.0000000817. The van der Waals surface area contributed by atoms with E-state index in [1.165, 1.54) is 0 Å². The van der Waals surface area contributed by atoms with E-state index in [2.05, 4.69) is 0 Å². The first-order valence-electron chi connectivity index (χ1n) is 5.18. The summed E-state index contributed by atoms with van der Waals surface area (Å²) in [6.07, 6.45) is 2.31. The number of hydrogen-bond donors (Lipinski definition) is 0. The summed E-state index contributed by atoms with van der Waals surface area (Å²) in [6.45, 7) is 0. The minimum Gasteiger partial charge on any atom is -0.545 e. The van der Waals surface area contributed by atoms with Crippen molar-refractivity contribution in [2.45, 2.75) is 0 Å². The van der Waals surface area contributed by atoms with Gasteiger partial charge in [0.1, 0.15) is 0 Å². The van der Waals surface area contributed by atoms with Crippen molar-refractivity contribution in [2.75, 3.05) is 0 Å². The molecule has 26 heavy (non-hydrogen) atoms. The summed E-state index contributed by atoms with van der Waals surface area (Å²) in [6, 6.07) is 0. The second-order valence-corrected chi connectivity index (χ2v) is 2.91. The van der Waals surface area contributed by atoms with Crippen LogP contribution in [0.25, 0.3) is 0 Å². The third-order valence-electron chi connectivity index (χ3n) is 1.07. The predicted octanol–water partition coefficient (Wildman–Crippen LogP) is -8.88. The second kappa shape index (κ2) is 22.1. The van der Waals surface area contributed by atoms with Crippen molar-refractivity contribution in [3.63, 3.8) is 0 Å². The van der Waals surface area contributed by atoms with Crippen LogP contribution < -0.4 is 30.6 Å². The van der Waals surface area contributed by atoms with Crippen LogP contribution in [0.4, 0.5) is 0 Å². The van der Waals surface area contributed by atoms with Crippen LogP contribution in [0.2, 0.25) is 0 Å². The summed E-state index contributed by atoms with van der Waals surface area (Å²) in [5.74, 6) is -9.28. The molecule has 0 spiro atoms. The molecule has 0 unspecified atom stereocenters. The number of aliphatic carboxylic acids is 6. The minimum atomic E-state index is -1.55. The Labute approximate surface area is 166 Å². The molecule has 0 aromatic rings. The second-order valence-electron chi connectivity index (χ2n) is 2.91. The normalized spacial score (nSPS) is 8.77. The Morgan fingerprint density at radius 3 is 0.462 bits per heavy atom. The van der Waals surface area contributed by atoms with E-state index < -0.39 is 35.8 Å². The average Bonchev–Trinajstić information content (AvgIpc) is 2.42. The summed E-state index contributed by atoms with van der Waals surface area (Å²) < 4.78 is 0. The monoisotopic (exact) mass is 446 g/mol. The van der Waals surface area contributed by atoms with Gasteiger partial charge in [0.15, 0.2) is 0 Å². The first-order chi connectivity index (χ1) is 10.9. The van der Waals surface area contributed by atoms with E-state index in [0.717, 1.165) is 0 Å². The number of rotatable bonds is 6. The largest absolute Gasteiger partial charge is 3.00 e. The fourth-order valence-corrected chi connectivity index (χ4v) is 0.408. The Kier molecular flexibility index (Phi) is 29.3. The molecule has 2 radical (unpaired) electrons. The van der Waals surface area contributed by atoms with Crippen molar-refractivity contribution in [3.8, 4) is 0 Å². The Bertz CT molecular complexity index is 448. The molecular weight excluding hydrogens is 440 g/mol. The zero-order valence-electron chi connectivity index (χ0n) is 12.2. The van der Waals surface area contributed by atoms with Crippen molar-refractivity contribution in [1.29, 1.82) is 0 Å². The van der Waals surface area contributed by atoms with Gasteiger partial charge in [0, 0.05) is 0 Å². The zero-order chi connectivity index (χ0) is 19.7. The van der Waals surface area contributed by atoms with Crippen LogP contribution in [0.15, 0.2) is 36.5 Å². The van der Waals surface area contributed by atoms with Crippen LogP contribution in [0.3, 0.4) is 0 Å². The van der Waals surface area contributed by atoms with Crippen LogP contribution in [0, 0.1) is 0 Å². The number of carboxylic acid groups (broad SMARTS) is 6. The van der Waals surface area contributed by atoms with Gasteiger partial charge in [0.05, 0.1) is 35.8 Å². The topological polar surface area (TPSA) is 241 Å². The molecule has 0 atom stereocenters. The van der Waals surface area contributed by atoms with Crippen molar-refractivity contribution in [1.82, 2.24) is 0 Å². The predicted molar refractivity (Wildman–Crippen MR) is 57.5 cm³/mol. The number of hydrogen-bond acceptors (Lipinski definition) is 12. The Hall–Kier alpha value is -2.90. The maximum absolute atomic E-state index is 9.41. The van der Waals surface area contributed by atoms with E-state index in [4.69, 9.17) is 0 Å². The van der Waals surface area contributed by atoms with Crippen molar-refractivity contribution < 1.29 is 94.1 Å².